The number of benzene rings is 3. The van der Waals surface area contributed by atoms with Crippen molar-refractivity contribution >= 4 is 26.7 Å². The van der Waals surface area contributed by atoms with E-state index in [-0.39, 0.29) is 16.8 Å². The Kier molecular flexibility index (Phi) is 7.63. The first-order valence-corrected chi connectivity index (χ1v) is 13.2. The Bertz CT molecular complexity index is 1230. The molecule has 7 nitrogen and oxygen atoms in total. The van der Waals surface area contributed by atoms with E-state index in [1.54, 1.807) is 12.1 Å². The van der Waals surface area contributed by atoms with Crippen molar-refractivity contribution in [2.24, 2.45) is 5.14 Å². The number of rotatable bonds is 8. The van der Waals surface area contributed by atoms with Gasteiger partial charge in [-0.15, -0.1) is 0 Å². The Hall–Kier alpha value is -2.78. The van der Waals surface area contributed by atoms with Gasteiger partial charge in [-0.05, 0) is 47.4 Å². The summed E-state index contributed by atoms with van der Waals surface area (Å²) in [6.07, 6.45) is 0.627. The highest BCUT2D eigenvalue weighted by atomic mass is 32.2. The molecule has 3 N–H and O–H groups in total. The van der Waals surface area contributed by atoms with Crippen molar-refractivity contribution in [3.05, 3.63) is 77.9 Å². The molecule has 34 heavy (non-hydrogen) atoms. The van der Waals surface area contributed by atoms with Crippen LogP contribution in [-0.2, 0) is 27.8 Å². The van der Waals surface area contributed by atoms with Crippen molar-refractivity contribution in [3.8, 4) is 0 Å². The number of fused-ring (bicyclic) bond motifs is 1. The fourth-order valence-corrected chi connectivity index (χ4v) is 4.98. The number of nitrogens with zero attached hydrogens (tertiary/aromatic N) is 2. The predicted molar refractivity (Wildman–Crippen MR) is 135 cm³/mol. The smallest absolute Gasteiger partial charge is 0.238 e. The molecule has 0 aliphatic carbocycles. The highest BCUT2D eigenvalue weighted by molar-refractivity contribution is 7.89. The Balaban J connectivity index is 1.23. The molecule has 1 heterocycles. The van der Waals surface area contributed by atoms with Crippen LogP contribution >= 0.6 is 0 Å². The quantitative estimate of drug-likeness (QED) is 0.516. The molecule has 1 aliphatic heterocycles. The average Bonchev–Trinajstić information content (AvgIpc) is 2.84. The molecule has 0 aromatic heterocycles. The van der Waals surface area contributed by atoms with Crippen LogP contribution in [0.25, 0.3) is 10.8 Å². The normalized spacial score (nSPS) is 16.4. The third kappa shape index (κ3) is 6.01. The van der Waals surface area contributed by atoms with Crippen LogP contribution in [0.15, 0.2) is 71.6 Å². The Labute approximate surface area is 201 Å². The van der Waals surface area contributed by atoms with Crippen LogP contribution in [0.5, 0.6) is 0 Å². The fraction of sp³-hybridized carbons (Fsp3) is 0.346. The number of sulfonamides is 1. The molecule has 1 aliphatic rings. The van der Waals surface area contributed by atoms with E-state index in [1.165, 1.54) is 28.5 Å². The lowest BCUT2D eigenvalue weighted by Gasteiger charge is -2.37. The van der Waals surface area contributed by atoms with Crippen LogP contribution in [0.4, 0.5) is 0 Å². The molecule has 0 spiro atoms. The predicted octanol–water partition coefficient (Wildman–Crippen LogP) is 2.35. The molecule has 8 heteroatoms. The standard InChI is InChI=1S/C26H32N4O3S/c1-20(26(31)28-14-13-21-9-11-24(12-10-21)34(27,32)33)30-17-15-29(16-18-30)19-23-7-4-6-22-5-2-3-8-25(22)23/h2-12,20H,13-19H2,1H3,(H,28,31)(H2,27,32,33)/t20-/m0/s1. The SMILES string of the molecule is C[C@@H](C(=O)NCCc1ccc(S(N)(=O)=O)cc1)N1CCN(Cc2cccc3ccccc23)CC1. The van der Waals surface area contributed by atoms with Gasteiger partial charge in [0, 0.05) is 39.3 Å². The zero-order chi connectivity index (χ0) is 24.1. The third-order valence-corrected chi connectivity index (χ3v) is 7.50. The molecule has 0 saturated carbocycles. The van der Waals surface area contributed by atoms with Crippen molar-refractivity contribution in [2.75, 3.05) is 32.7 Å². The van der Waals surface area contributed by atoms with Crippen LogP contribution in [0, 0.1) is 0 Å². The first-order chi connectivity index (χ1) is 16.3. The molecule has 180 valence electrons. The number of hydrogen-bond donors (Lipinski definition) is 2. The van der Waals surface area contributed by atoms with Crippen molar-refractivity contribution < 1.29 is 13.2 Å². The number of carbonyl (C=O) groups is 1. The van der Waals surface area contributed by atoms with Gasteiger partial charge in [0.05, 0.1) is 10.9 Å². The molecule has 1 amide bonds. The molecule has 3 aromatic carbocycles. The Morgan fingerprint density at radius 1 is 0.971 bits per heavy atom. The molecule has 1 fully saturated rings. The maximum absolute atomic E-state index is 12.7. The monoisotopic (exact) mass is 480 g/mol. The van der Waals surface area contributed by atoms with Gasteiger partial charge in [0.1, 0.15) is 0 Å². The fourth-order valence-electron chi connectivity index (χ4n) is 4.47. The van der Waals surface area contributed by atoms with E-state index in [0.717, 1.165) is 38.3 Å². The van der Waals surface area contributed by atoms with Gasteiger partial charge in [-0.3, -0.25) is 14.6 Å². The van der Waals surface area contributed by atoms with Crippen molar-refractivity contribution in [2.45, 2.75) is 30.8 Å². The zero-order valence-corrected chi connectivity index (χ0v) is 20.3. The van der Waals surface area contributed by atoms with Gasteiger partial charge in [-0.1, -0.05) is 54.6 Å². The van der Waals surface area contributed by atoms with Gasteiger partial charge < -0.3 is 5.32 Å². The summed E-state index contributed by atoms with van der Waals surface area (Å²) in [4.78, 5) is 17.5. The van der Waals surface area contributed by atoms with E-state index in [2.05, 4.69) is 57.6 Å². The van der Waals surface area contributed by atoms with Gasteiger partial charge >= 0.3 is 0 Å². The number of hydrogen-bond acceptors (Lipinski definition) is 5. The molecule has 0 bridgehead atoms. The van der Waals surface area contributed by atoms with E-state index in [1.807, 2.05) is 6.92 Å². The lowest BCUT2D eigenvalue weighted by atomic mass is 10.0. The van der Waals surface area contributed by atoms with E-state index in [0.29, 0.717) is 13.0 Å². The molecule has 1 atom stereocenters. The number of piperazine rings is 1. The second kappa shape index (κ2) is 10.7. The summed E-state index contributed by atoms with van der Waals surface area (Å²) in [7, 11) is -3.69. The zero-order valence-electron chi connectivity index (χ0n) is 19.5. The molecular weight excluding hydrogens is 448 g/mol. The maximum atomic E-state index is 12.7. The lowest BCUT2D eigenvalue weighted by Crippen LogP contribution is -2.53. The van der Waals surface area contributed by atoms with E-state index >= 15 is 0 Å². The van der Waals surface area contributed by atoms with Crippen LogP contribution in [0.1, 0.15) is 18.1 Å². The second-order valence-electron chi connectivity index (χ2n) is 8.86. The summed E-state index contributed by atoms with van der Waals surface area (Å²) in [6, 6.07) is 21.2. The van der Waals surface area contributed by atoms with Crippen LogP contribution in [0.3, 0.4) is 0 Å². The molecule has 0 unspecified atom stereocenters. The number of nitrogens with one attached hydrogen (secondary N) is 1. The topological polar surface area (TPSA) is 95.7 Å². The summed E-state index contributed by atoms with van der Waals surface area (Å²) in [6.45, 7) is 6.94. The minimum absolute atomic E-state index is 0.0173. The first kappa shape index (κ1) is 24.3. The van der Waals surface area contributed by atoms with Crippen molar-refractivity contribution in [1.29, 1.82) is 0 Å². The molecule has 0 radical (unpaired) electrons. The average molecular weight is 481 g/mol. The van der Waals surface area contributed by atoms with Crippen molar-refractivity contribution in [3.63, 3.8) is 0 Å². The Morgan fingerprint density at radius 3 is 2.35 bits per heavy atom. The minimum Gasteiger partial charge on any atom is -0.354 e. The maximum Gasteiger partial charge on any atom is 0.238 e. The minimum atomic E-state index is -3.69. The summed E-state index contributed by atoms with van der Waals surface area (Å²) < 4.78 is 22.7. The highest BCUT2D eigenvalue weighted by Gasteiger charge is 2.25. The molecular formula is C26H32N4O3S. The van der Waals surface area contributed by atoms with Gasteiger partial charge in [-0.2, -0.15) is 0 Å². The highest BCUT2D eigenvalue weighted by Crippen LogP contribution is 2.21. The lowest BCUT2D eigenvalue weighted by molar-refractivity contribution is -0.126. The second-order valence-corrected chi connectivity index (χ2v) is 10.4. The molecule has 4 rings (SSSR count). The van der Waals surface area contributed by atoms with E-state index < -0.39 is 10.0 Å². The summed E-state index contributed by atoms with van der Waals surface area (Å²) in [5, 5.41) is 10.7. The Morgan fingerprint density at radius 2 is 1.65 bits per heavy atom. The number of amides is 1. The van der Waals surface area contributed by atoms with Gasteiger partial charge in [-0.25, -0.2) is 13.6 Å². The van der Waals surface area contributed by atoms with Gasteiger partial charge in [0.25, 0.3) is 0 Å². The van der Waals surface area contributed by atoms with Crippen LogP contribution in [-0.4, -0.2) is 62.9 Å². The molecule has 3 aromatic rings. The van der Waals surface area contributed by atoms with Gasteiger partial charge in [0.15, 0.2) is 0 Å². The number of nitrogens with two attached hydrogens (primary N) is 1. The third-order valence-electron chi connectivity index (χ3n) is 6.57. The van der Waals surface area contributed by atoms with Crippen LogP contribution in [0.2, 0.25) is 0 Å². The summed E-state index contributed by atoms with van der Waals surface area (Å²) >= 11 is 0. The first-order valence-electron chi connectivity index (χ1n) is 11.6. The number of primary sulfonamides is 1. The largest absolute Gasteiger partial charge is 0.354 e. The molecule has 1 saturated heterocycles. The summed E-state index contributed by atoms with van der Waals surface area (Å²) in [5.41, 5.74) is 2.29. The van der Waals surface area contributed by atoms with E-state index in [9.17, 15) is 13.2 Å². The number of carbonyl (C=O) groups excluding carboxylic acids is 1. The van der Waals surface area contributed by atoms with Gasteiger partial charge in [0.2, 0.25) is 15.9 Å². The van der Waals surface area contributed by atoms with Crippen LogP contribution < -0.4 is 10.5 Å². The van der Waals surface area contributed by atoms with Crippen molar-refractivity contribution in [1.82, 2.24) is 15.1 Å². The summed E-state index contributed by atoms with van der Waals surface area (Å²) in [5.74, 6) is 0.0173. The van der Waals surface area contributed by atoms with E-state index in [4.69, 9.17) is 5.14 Å².